The third-order valence-corrected chi connectivity index (χ3v) is 3.84. The van der Waals surface area contributed by atoms with Crippen molar-refractivity contribution in [2.24, 2.45) is 0 Å². The van der Waals surface area contributed by atoms with Crippen LogP contribution in [0.15, 0.2) is 30.8 Å². The van der Waals surface area contributed by atoms with Crippen LogP contribution in [0.5, 0.6) is 0 Å². The molecule has 1 nitrogen and oxygen atoms in total. The Hall–Kier alpha value is -5.48. The molecule has 0 saturated heterocycles. The lowest BCUT2D eigenvalue weighted by molar-refractivity contribution is -0.855. The molecule has 0 bridgehead atoms. The molecule has 0 aliphatic heterocycles. The third-order valence-electron chi connectivity index (χ3n) is 3.84. The Bertz CT molecular complexity index is 1490. The Labute approximate surface area is 198 Å². The molecule has 1 aromatic rings. The number of nitrogens with zero attached hydrogens (tertiary/aromatic N) is 1. The van der Waals surface area contributed by atoms with Crippen LogP contribution in [0.25, 0.3) is 6.08 Å². The van der Waals surface area contributed by atoms with Crippen LogP contribution in [0.2, 0.25) is 0 Å². The molecule has 0 N–H and O–H groups in total. The predicted molar refractivity (Wildman–Crippen MR) is 136 cm³/mol. The molecule has 0 aliphatic rings. The van der Waals surface area contributed by atoms with E-state index in [1.807, 2.05) is 18.2 Å². The van der Waals surface area contributed by atoms with E-state index in [1.54, 1.807) is 0 Å². The fourth-order valence-corrected chi connectivity index (χ4v) is 2.06. The van der Waals surface area contributed by atoms with Gasteiger partial charge in [0.25, 0.3) is 0 Å². The Morgan fingerprint density at radius 1 is 0.697 bits per heavy atom. The Kier molecular flexibility index (Phi) is 12.6. The van der Waals surface area contributed by atoms with Gasteiger partial charge >= 0.3 is 0 Å². The zero-order valence-electron chi connectivity index (χ0n) is 18.5. The summed E-state index contributed by atoms with van der Waals surface area (Å²) in [4.78, 5) is 0. The second kappa shape index (κ2) is 16.3. The number of terminal acetylenes is 1. The quantitative estimate of drug-likeness (QED) is 0.523. The van der Waals surface area contributed by atoms with Gasteiger partial charge in [-0.3, -0.25) is 0 Å². The summed E-state index contributed by atoms with van der Waals surface area (Å²) in [6, 6.07) is 11.5. The van der Waals surface area contributed by atoms with Gasteiger partial charge in [-0.25, -0.2) is 4.48 Å². The molecule has 0 fully saturated rings. The number of rotatable bonds is 4. The van der Waals surface area contributed by atoms with E-state index in [0.717, 1.165) is 18.7 Å². The van der Waals surface area contributed by atoms with Gasteiger partial charge in [-0.15, -0.1) is 6.42 Å². The monoisotopic (exact) mass is 416 g/mol. The minimum atomic E-state index is 0.558. The molecule has 0 aliphatic carbocycles. The van der Waals surface area contributed by atoms with Crippen molar-refractivity contribution < 1.29 is 4.48 Å². The van der Waals surface area contributed by atoms with Gasteiger partial charge in [0.2, 0.25) is 0 Å². The SMILES string of the molecule is C#CC#CC#CC#CC#CC#CC#CC#CC#CC#C[N+](C)(CC)Cc1ccc(C=C)cc1. The van der Waals surface area contributed by atoms with E-state index in [0.29, 0.717) is 4.48 Å². The molecule has 1 atom stereocenters. The van der Waals surface area contributed by atoms with Crippen LogP contribution in [0, 0.1) is 119 Å². The number of hydrogen-bond donors (Lipinski definition) is 0. The standard InChI is InChI=1S/C32H18N/c1-5-8-9-10-11-12-13-14-15-16-17-18-19-20-21-22-23-24-29-33(4,7-3)30-32-27-25-31(6-2)26-28-32/h1,6,25-28H,2,7,30H2,3-4H3/q+1. The summed E-state index contributed by atoms with van der Waals surface area (Å²) in [6.07, 6.45) is 6.77. The molecule has 33 heavy (non-hydrogen) atoms. The molecule has 0 saturated carbocycles. The van der Waals surface area contributed by atoms with Gasteiger partial charge in [0.05, 0.1) is 19.5 Å². The summed E-state index contributed by atoms with van der Waals surface area (Å²) >= 11 is 0. The van der Waals surface area contributed by atoms with Gasteiger partial charge < -0.3 is 0 Å². The summed E-state index contributed by atoms with van der Waals surface area (Å²) in [5.41, 5.74) is 2.31. The van der Waals surface area contributed by atoms with Crippen LogP contribution in [-0.4, -0.2) is 18.1 Å². The minimum absolute atomic E-state index is 0.558. The zero-order chi connectivity index (χ0) is 24.0. The predicted octanol–water partition coefficient (Wildman–Crippen LogP) is 2.92. The number of benzene rings is 1. The molecule has 0 aromatic heterocycles. The van der Waals surface area contributed by atoms with E-state index in [2.05, 4.69) is 145 Å². The normalized spacial score (nSPS) is 8.52. The van der Waals surface area contributed by atoms with Crippen LogP contribution in [-0.2, 0) is 6.54 Å². The van der Waals surface area contributed by atoms with Crippen molar-refractivity contribution in [3.63, 3.8) is 0 Å². The van der Waals surface area contributed by atoms with Crippen LogP contribution in [0.1, 0.15) is 18.1 Å². The summed E-state index contributed by atoms with van der Waals surface area (Å²) < 4.78 is 0.558. The van der Waals surface area contributed by atoms with Gasteiger partial charge in [-0.2, -0.15) is 0 Å². The van der Waals surface area contributed by atoms with E-state index in [-0.39, 0.29) is 0 Å². The maximum atomic E-state index is 4.94. The summed E-state index contributed by atoms with van der Waals surface area (Å²) in [6.45, 7) is 7.52. The Morgan fingerprint density at radius 2 is 1.09 bits per heavy atom. The van der Waals surface area contributed by atoms with Crippen LogP contribution >= 0.6 is 0 Å². The Balaban J connectivity index is 2.61. The summed E-state index contributed by atoms with van der Waals surface area (Å²) in [5.74, 6) is 45.6. The molecule has 0 amide bonds. The van der Waals surface area contributed by atoms with E-state index in [1.165, 1.54) is 5.56 Å². The fraction of sp³-hybridized carbons (Fsp3) is 0.125. The topological polar surface area (TPSA) is 0 Å². The first-order chi connectivity index (χ1) is 16.1. The number of hydrogen-bond acceptors (Lipinski definition) is 0. The van der Waals surface area contributed by atoms with Crippen LogP contribution < -0.4 is 0 Å². The first-order valence-corrected chi connectivity index (χ1v) is 9.67. The molecule has 1 heteroatoms. The highest BCUT2D eigenvalue weighted by Gasteiger charge is 2.17. The average molecular weight is 417 g/mol. The van der Waals surface area contributed by atoms with Gasteiger partial charge in [-0.1, -0.05) is 36.9 Å². The minimum Gasteiger partial charge on any atom is -0.244 e. The van der Waals surface area contributed by atoms with Crippen molar-refractivity contribution in [1.29, 1.82) is 0 Å². The van der Waals surface area contributed by atoms with E-state index in [4.69, 9.17) is 6.42 Å². The van der Waals surface area contributed by atoms with Crippen molar-refractivity contribution in [3.05, 3.63) is 42.0 Å². The lowest BCUT2D eigenvalue weighted by Crippen LogP contribution is -2.37. The largest absolute Gasteiger partial charge is 0.244 e. The lowest BCUT2D eigenvalue weighted by atomic mass is 10.1. The van der Waals surface area contributed by atoms with Gasteiger partial charge in [0, 0.05) is 58.8 Å². The van der Waals surface area contributed by atoms with E-state index < -0.39 is 0 Å². The fourth-order valence-electron chi connectivity index (χ4n) is 2.06. The van der Waals surface area contributed by atoms with Crippen LogP contribution in [0.3, 0.4) is 0 Å². The van der Waals surface area contributed by atoms with Gasteiger partial charge in [0.15, 0.2) is 6.04 Å². The highest BCUT2D eigenvalue weighted by molar-refractivity contribution is 5.48. The average Bonchev–Trinajstić information content (AvgIpc) is 2.83. The maximum Gasteiger partial charge on any atom is 0.151 e. The lowest BCUT2D eigenvalue weighted by Gasteiger charge is -2.25. The summed E-state index contributed by atoms with van der Waals surface area (Å²) in [5, 5.41) is 0. The first-order valence-electron chi connectivity index (χ1n) is 9.67. The molecular weight excluding hydrogens is 398 g/mol. The molecular formula is C32H18N+. The van der Waals surface area contributed by atoms with E-state index >= 15 is 0 Å². The molecule has 0 radical (unpaired) electrons. The van der Waals surface area contributed by atoms with E-state index in [9.17, 15) is 0 Å². The first kappa shape index (κ1) is 25.6. The van der Waals surface area contributed by atoms with Crippen molar-refractivity contribution >= 4 is 6.08 Å². The molecule has 1 aromatic carbocycles. The smallest absolute Gasteiger partial charge is 0.151 e. The second-order valence-electron chi connectivity index (χ2n) is 6.20. The molecule has 1 unspecified atom stereocenters. The molecule has 1 rings (SSSR count). The highest BCUT2D eigenvalue weighted by atomic mass is 15.3. The van der Waals surface area contributed by atoms with Crippen molar-refractivity contribution in [2.75, 3.05) is 13.6 Å². The zero-order valence-corrected chi connectivity index (χ0v) is 18.5. The molecule has 0 heterocycles. The molecule has 0 spiro atoms. The maximum absolute atomic E-state index is 4.94. The molecule has 150 valence electrons. The highest BCUT2D eigenvalue weighted by Crippen LogP contribution is 2.12. The summed E-state index contributed by atoms with van der Waals surface area (Å²) in [7, 11) is 2.07. The number of quaternary nitrogens is 1. The second-order valence-corrected chi connectivity index (χ2v) is 6.20. The van der Waals surface area contributed by atoms with Crippen molar-refractivity contribution in [2.45, 2.75) is 13.5 Å². The third kappa shape index (κ3) is 12.6. The van der Waals surface area contributed by atoms with Crippen molar-refractivity contribution in [3.8, 4) is 119 Å². The van der Waals surface area contributed by atoms with Crippen molar-refractivity contribution in [1.82, 2.24) is 0 Å². The van der Waals surface area contributed by atoms with Crippen LogP contribution in [0.4, 0.5) is 0 Å². The Morgan fingerprint density at radius 3 is 1.45 bits per heavy atom. The van der Waals surface area contributed by atoms with Gasteiger partial charge in [-0.05, 0) is 59.9 Å². The van der Waals surface area contributed by atoms with Gasteiger partial charge in [0.1, 0.15) is 6.54 Å².